The molecule has 1 aromatic heterocycles. The fourth-order valence-corrected chi connectivity index (χ4v) is 2.66. The van der Waals surface area contributed by atoms with Gasteiger partial charge in [-0.25, -0.2) is 4.39 Å². The van der Waals surface area contributed by atoms with Gasteiger partial charge in [0, 0.05) is 20.8 Å². The predicted molar refractivity (Wildman–Crippen MR) is 78.1 cm³/mol. The number of aryl methyl sites for hydroxylation is 1. The van der Waals surface area contributed by atoms with E-state index < -0.39 is 0 Å². The first kappa shape index (κ1) is 13.5. The number of nitrogens with zero attached hydrogens (tertiary/aromatic N) is 1. The Morgan fingerprint density at radius 2 is 2.06 bits per heavy atom. The molecule has 2 aromatic rings. The molecule has 0 atom stereocenters. The van der Waals surface area contributed by atoms with Gasteiger partial charge in [0.25, 0.3) is 0 Å². The van der Waals surface area contributed by atoms with E-state index in [1.54, 1.807) is 12.3 Å². The van der Waals surface area contributed by atoms with Crippen molar-refractivity contribution in [1.29, 1.82) is 0 Å². The van der Waals surface area contributed by atoms with Crippen molar-refractivity contribution in [2.24, 2.45) is 0 Å². The minimum absolute atomic E-state index is 0.245. The molecular formula is C13H11Br2FN2. The monoisotopic (exact) mass is 372 g/mol. The number of hydrogen-bond acceptors (Lipinski definition) is 2. The summed E-state index contributed by atoms with van der Waals surface area (Å²) in [6.07, 6.45) is 1.74. The lowest BCUT2D eigenvalue weighted by atomic mass is 10.2. The third-order valence-corrected chi connectivity index (χ3v) is 3.65. The molecule has 0 aliphatic rings. The minimum atomic E-state index is -0.245. The molecule has 0 radical (unpaired) electrons. The summed E-state index contributed by atoms with van der Waals surface area (Å²) in [4.78, 5) is 4.29. The lowest BCUT2D eigenvalue weighted by Crippen LogP contribution is -2.04. The molecule has 0 aliphatic carbocycles. The third-order valence-electron chi connectivity index (χ3n) is 2.53. The zero-order valence-corrected chi connectivity index (χ0v) is 12.8. The second-order valence-electron chi connectivity index (χ2n) is 3.89. The number of aromatic nitrogens is 1. The highest BCUT2D eigenvalue weighted by atomic mass is 79.9. The van der Waals surface area contributed by atoms with Crippen molar-refractivity contribution in [1.82, 2.24) is 4.98 Å². The van der Waals surface area contributed by atoms with Crippen LogP contribution in [0.3, 0.4) is 0 Å². The van der Waals surface area contributed by atoms with Gasteiger partial charge in [0.15, 0.2) is 0 Å². The number of pyridine rings is 1. The molecule has 0 saturated carbocycles. The van der Waals surface area contributed by atoms with Crippen molar-refractivity contribution < 1.29 is 4.39 Å². The Hall–Kier alpha value is -0.940. The molecule has 1 N–H and O–H groups in total. The van der Waals surface area contributed by atoms with Crippen LogP contribution in [0, 0.1) is 12.7 Å². The first-order valence-corrected chi connectivity index (χ1v) is 6.95. The van der Waals surface area contributed by atoms with E-state index in [1.165, 1.54) is 12.1 Å². The van der Waals surface area contributed by atoms with Crippen LogP contribution >= 0.6 is 31.9 Å². The first-order chi connectivity index (χ1) is 8.56. The van der Waals surface area contributed by atoms with Crippen LogP contribution in [0.25, 0.3) is 0 Å². The number of benzene rings is 1. The Kier molecular flexibility index (Phi) is 4.35. The van der Waals surface area contributed by atoms with E-state index in [0.29, 0.717) is 6.54 Å². The SMILES string of the molecule is Cc1ccc(F)cc1NCc1ncc(Br)cc1Br. The third kappa shape index (κ3) is 3.29. The normalized spacial score (nSPS) is 10.4. The number of halogens is 3. The van der Waals surface area contributed by atoms with E-state index in [4.69, 9.17) is 0 Å². The molecule has 2 nitrogen and oxygen atoms in total. The van der Waals surface area contributed by atoms with Gasteiger partial charge in [0.05, 0.1) is 12.2 Å². The van der Waals surface area contributed by atoms with E-state index in [0.717, 1.165) is 25.9 Å². The Bertz CT molecular complexity index is 573. The highest BCUT2D eigenvalue weighted by Gasteiger charge is 2.04. The molecule has 0 unspecified atom stereocenters. The Labute approximate surface area is 122 Å². The number of anilines is 1. The van der Waals surface area contributed by atoms with Gasteiger partial charge in [0.2, 0.25) is 0 Å². The average Bonchev–Trinajstić information content (AvgIpc) is 2.32. The molecule has 0 bridgehead atoms. The van der Waals surface area contributed by atoms with Gasteiger partial charge in [-0.3, -0.25) is 4.98 Å². The highest BCUT2D eigenvalue weighted by Crippen LogP contribution is 2.22. The summed E-state index contributed by atoms with van der Waals surface area (Å²) in [5.74, 6) is -0.245. The van der Waals surface area contributed by atoms with Crippen molar-refractivity contribution in [2.75, 3.05) is 5.32 Å². The molecule has 0 spiro atoms. The maximum atomic E-state index is 13.1. The van der Waals surface area contributed by atoms with Crippen molar-refractivity contribution >= 4 is 37.5 Å². The van der Waals surface area contributed by atoms with E-state index in [-0.39, 0.29) is 5.82 Å². The van der Waals surface area contributed by atoms with Crippen molar-refractivity contribution in [3.63, 3.8) is 0 Å². The van der Waals surface area contributed by atoms with E-state index in [1.807, 2.05) is 13.0 Å². The van der Waals surface area contributed by atoms with Crippen LogP contribution in [0.2, 0.25) is 0 Å². The Morgan fingerprint density at radius 3 is 2.78 bits per heavy atom. The van der Waals surface area contributed by atoms with Crippen molar-refractivity contribution in [3.05, 3.63) is 56.5 Å². The van der Waals surface area contributed by atoms with Gasteiger partial charge in [-0.15, -0.1) is 0 Å². The molecule has 0 amide bonds. The van der Waals surface area contributed by atoms with Gasteiger partial charge in [-0.2, -0.15) is 0 Å². The van der Waals surface area contributed by atoms with Crippen LogP contribution in [0.15, 0.2) is 39.4 Å². The zero-order chi connectivity index (χ0) is 13.1. The molecular weight excluding hydrogens is 363 g/mol. The largest absolute Gasteiger partial charge is 0.379 e. The standard InChI is InChI=1S/C13H11Br2FN2/c1-8-2-3-10(16)5-12(8)18-7-13-11(15)4-9(14)6-17-13/h2-6,18H,7H2,1H3. The second kappa shape index (κ2) is 5.80. The molecule has 5 heteroatoms. The molecule has 0 saturated heterocycles. The fraction of sp³-hybridized carbons (Fsp3) is 0.154. The van der Waals surface area contributed by atoms with Crippen LogP contribution < -0.4 is 5.32 Å². The maximum absolute atomic E-state index is 13.1. The van der Waals surface area contributed by atoms with Crippen LogP contribution in [0.1, 0.15) is 11.3 Å². The highest BCUT2D eigenvalue weighted by molar-refractivity contribution is 9.11. The van der Waals surface area contributed by atoms with Crippen LogP contribution in [0.5, 0.6) is 0 Å². The lowest BCUT2D eigenvalue weighted by molar-refractivity contribution is 0.628. The number of hydrogen-bond donors (Lipinski definition) is 1. The molecule has 18 heavy (non-hydrogen) atoms. The van der Waals surface area contributed by atoms with Crippen molar-refractivity contribution in [2.45, 2.75) is 13.5 Å². The lowest BCUT2D eigenvalue weighted by Gasteiger charge is -2.10. The fourth-order valence-electron chi connectivity index (χ4n) is 1.54. The van der Waals surface area contributed by atoms with Gasteiger partial charge < -0.3 is 5.32 Å². The summed E-state index contributed by atoms with van der Waals surface area (Å²) in [6, 6.07) is 6.63. The number of rotatable bonds is 3. The summed E-state index contributed by atoms with van der Waals surface area (Å²) in [7, 11) is 0. The van der Waals surface area contributed by atoms with Crippen molar-refractivity contribution in [3.8, 4) is 0 Å². The smallest absolute Gasteiger partial charge is 0.125 e. The van der Waals surface area contributed by atoms with Gasteiger partial charge in [-0.1, -0.05) is 6.07 Å². The molecule has 1 heterocycles. The molecule has 94 valence electrons. The molecule has 0 aliphatic heterocycles. The molecule has 0 fully saturated rings. The van der Waals surface area contributed by atoms with Gasteiger partial charge in [-0.05, 0) is 62.5 Å². The van der Waals surface area contributed by atoms with E-state index >= 15 is 0 Å². The predicted octanol–water partition coefficient (Wildman–Crippen LogP) is 4.67. The summed E-state index contributed by atoms with van der Waals surface area (Å²) in [5, 5.41) is 3.18. The van der Waals surface area contributed by atoms with Crippen LogP contribution in [-0.2, 0) is 6.54 Å². The van der Waals surface area contributed by atoms with E-state index in [2.05, 4.69) is 42.2 Å². The van der Waals surface area contributed by atoms with Crippen LogP contribution in [-0.4, -0.2) is 4.98 Å². The minimum Gasteiger partial charge on any atom is -0.379 e. The molecule has 2 rings (SSSR count). The number of nitrogens with one attached hydrogen (secondary N) is 1. The molecule has 1 aromatic carbocycles. The first-order valence-electron chi connectivity index (χ1n) is 5.36. The maximum Gasteiger partial charge on any atom is 0.125 e. The summed E-state index contributed by atoms with van der Waals surface area (Å²) < 4.78 is 15.0. The zero-order valence-electron chi connectivity index (χ0n) is 9.67. The second-order valence-corrected chi connectivity index (χ2v) is 5.66. The quantitative estimate of drug-likeness (QED) is 0.845. The van der Waals surface area contributed by atoms with E-state index in [9.17, 15) is 4.39 Å². The summed E-state index contributed by atoms with van der Waals surface area (Å²) in [6.45, 7) is 2.48. The van der Waals surface area contributed by atoms with Crippen LogP contribution in [0.4, 0.5) is 10.1 Å². The van der Waals surface area contributed by atoms with Gasteiger partial charge >= 0.3 is 0 Å². The van der Waals surface area contributed by atoms with Gasteiger partial charge in [0.1, 0.15) is 5.82 Å². The summed E-state index contributed by atoms with van der Waals surface area (Å²) >= 11 is 6.80. The summed E-state index contributed by atoms with van der Waals surface area (Å²) in [5.41, 5.74) is 2.66. The Morgan fingerprint density at radius 1 is 1.28 bits per heavy atom. The average molecular weight is 374 g/mol. The topological polar surface area (TPSA) is 24.9 Å². The Balaban J connectivity index is 2.13.